The molecule has 0 unspecified atom stereocenters. The number of benzene rings is 3. The van der Waals surface area contributed by atoms with E-state index in [-0.39, 0.29) is 11.7 Å². The number of amides is 1. The van der Waals surface area contributed by atoms with E-state index in [4.69, 9.17) is 9.47 Å². The van der Waals surface area contributed by atoms with E-state index in [1.165, 1.54) is 11.8 Å². The fraction of sp³-hybridized carbons (Fsp3) is 0.185. The van der Waals surface area contributed by atoms with Crippen LogP contribution in [0.4, 0.5) is 0 Å². The van der Waals surface area contributed by atoms with E-state index in [0.29, 0.717) is 16.7 Å². The lowest BCUT2D eigenvalue weighted by Crippen LogP contribution is -2.21. The molecule has 8 nitrogen and oxygen atoms in total. The molecule has 9 heteroatoms. The zero-order chi connectivity index (χ0) is 25.5. The minimum Gasteiger partial charge on any atom is -0.497 e. The first-order valence-corrected chi connectivity index (χ1v) is 12.2. The van der Waals surface area contributed by atoms with Gasteiger partial charge in [-0.25, -0.2) is 5.43 Å². The molecule has 1 aromatic heterocycles. The Morgan fingerprint density at radius 2 is 1.69 bits per heavy atom. The molecular formula is C27H27N5O3S. The summed E-state index contributed by atoms with van der Waals surface area (Å²) >= 11 is 1.29. The number of nitrogens with zero attached hydrogens (tertiary/aromatic N) is 4. The fourth-order valence-corrected chi connectivity index (χ4v) is 4.18. The normalized spacial score (nSPS) is 11.3. The number of rotatable bonds is 9. The number of methoxy groups -OCH3 is 2. The van der Waals surface area contributed by atoms with Crippen LogP contribution in [0.25, 0.3) is 17.1 Å². The third-order valence-electron chi connectivity index (χ3n) is 5.44. The predicted octanol–water partition coefficient (Wildman–Crippen LogP) is 4.89. The highest BCUT2D eigenvalue weighted by Gasteiger charge is 2.17. The van der Waals surface area contributed by atoms with Crippen LogP contribution in [0.3, 0.4) is 0 Å². The van der Waals surface area contributed by atoms with Gasteiger partial charge in [0.25, 0.3) is 5.91 Å². The molecule has 184 valence electrons. The fourth-order valence-electron chi connectivity index (χ4n) is 3.44. The third kappa shape index (κ3) is 5.92. The van der Waals surface area contributed by atoms with Crippen molar-refractivity contribution in [1.82, 2.24) is 20.2 Å². The molecule has 0 aliphatic rings. The molecule has 4 rings (SSSR count). The summed E-state index contributed by atoms with van der Waals surface area (Å²) in [5.74, 6) is 2.05. The van der Waals surface area contributed by atoms with Crippen LogP contribution in [0.5, 0.6) is 11.5 Å². The zero-order valence-corrected chi connectivity index (χ0v) is 21.4. The van der Waals surface area contributed by atoms with Gasteiger partial charge in [0.1, 0.15) is 11.5 Å². The number of carbonyl (C=O) groups excluding carboxylic acids is 1. The van der Waals surface area contributed by atoms with Crippen molar-refractivity contribution in [1.29, 1.82) is 0 Å². The molecule has 1 amide bonds. The highest BCUT2D eigenvalue weighted by atomic mass is 32.2. The summed E-state index contributed by atoms with van der Waals surface area (Å²) in [5.41, 5.74) is 7.11. The van der Waals surface area contributed by atoms with Gasteiger partial charge in [0.15, 0.2) is 11.0 Å². The van der Waals surface area contributed by atoms with Gasteiger partial charge in [0.2, 0.25) is 0 Å². The van der Waals surface area contributed by atoms with Gasteiger partial charge in [0, 0.05) is 16.8 Å². The number of nitrogens with one attached hydrogen (secondary N) is 1. The van der Waals surface area contributed by atoms with E-state index < -0.39 is 0 Å². The van der Waals surface area contributed by atoms with Crippen LogP contribution < -0.4 is 14.9 Å². The monoisotopic (exact) mass is 501 g/mol. The van der Waals surface area contributed by atoms with Crippen LogP contribution in [0.15, 0.2) is 83.1 Å². The molecule has 1 heterocycles. The molecule has 0 spiro atoms. The molecule has 0 aliphatic carbocycles. The van der Waals surface area contributed by atoms with Crippen molar-refractivity contribution in [3.63, 3.8) is 0 Å². The minimum absolute atomic E-state index is 0.126. The largest absolute Gasteiger partial charge is 0.497 e. The molecule has 0 bridgehead atoms. The highest BCUT2D eigenvalue weighted by molar-refractivity contribution is 7.99. The van der Waals surface area contributed by atoms with Gasteiger partial charge in [-0.2, -0.15) is 5.10 Å². The summed E-state index contributed by atoms with van der Waals surface area (Å²) in [6.07, 6.45) is 0. The maximum absolute atomic E-state index is 12.6. The molecule has 0 fully saturated rings. The standard InChI is InChI=1S/C27H27N5O3S/c1-18-8-12-22(13-9-18)32-26(20-10-14-23(34-3)15-11-20)30-31-27(32)36-17-25(33)29-28-19(2)21-6-5-7-24(16-21)35-4/h5-16H,17H2,1-4H3,(H,29,33)/b28-19+. The van der Waals surface area contributed by atoms with E-state index in [9.17, 15) is 4.79 Å². The zero-order valence-electron chi connectivity index (χ0n) is 20.6. The van der Waals surface area contributed by atoms with Crippen LogP contribution in [0.1, 0.15) is 18.1 Å². The molecule has 1 N–H and O–H groups in total. The topological polar surface area (TPSA) is 90.6 Å². The Morgan fingerprint density at radius 3 is 2.39 bits per heavy atom. The molecule has 0 atom stereocenters. The van der Waals surface area contributed by atoms with Crippen LogP contribution in [-0.2, 0) is 4.79 Å². The minimum atomic E-state index is -0.244. The number of thioether (sulfide) groups is 1. The molecule has 4 aromatic rings. The van der Waals surface area contributed by atoms with Crippen molar-refractivity contribution in [3.8, 4) is 28.6 Å². The average Bonchev–Trinajstić information content (AvgIpc) is 3.35. The second-order valence-corrected chi connectivity index (χ2v) is 8.90. The molecule has 0 saturated carbocycles. The van der Waals surface area contributed by atoms with Gasteiger partial charge in [0.05, 0.1) is 25.7 Å². The van der Waals surface area contributed by atoms with Crippen molar-refractivity contribution < 1.29 is 14.3 Å². The summed E-state index contributed by atoms with van der Waals surface area (Å²) < 4.78 is 12.5. The smallest absolute Gasteiger partial charge is 0.250 e. The van der Waals surface area contributed by atoms with Gasteiger partial charge in [-0.15, -0.1) is 10.2 Å². The second kappa shape index (κ2) is 11.5. The quantitative estimate of drug-likeness (QED) is 0.199. The van der Waals surface area contributed by atoms with Crippen LogP contribution >= 0.6 is 11.8 Å². The van der Waals surface area contributed by atoms with Gasteiger partial charge in [-0.05, 0) is 62.4 Å². The predicted molar refractivity (Wildman–Crippen MR) is 142 cm³/mol. The Bertz CT molecular complexity index is 1370. The van der Waals surface area contributed by atoms with Crippen molar-refractivity contribution in [3.05, 3.63) is 83.9 Å². The Kier molecular flexibility index (Phi) is 8.02. The molecule has 36 heavy (non-hydrogen) atoms. The van der Waals surface area contributed by atoms with Crippen LogP contribution in [0.2, 0.25) is 0 Å². The van der Waals surface area contributed by atoms with Crippen molar-refractivity contribution in [2.24, 2.45) is 5.10 Å². The van der Waals surface area contributed by atoms with Crippen molar-refractivity contribution in [2.75, 3.05) is 20.0 Å². The number of aromatic nitrogens is 3. The Morgan fingerprint density at radius 1 is 0.972 bits per heavy atom. The Balaban J connectivity index is 1.52. The van der Waals surface area contributed by atoms with E-state index in [1.807, 2.05) is 91.2 Å². The summed E-state index contributed by atoms with van der Waals surface area (Å²) in [6, 6.07) is 23.2. The van der Waals surface area contributed by atoms with Crippen molar-refractivity contribution in [2.45, 2.75) is 19.0 Å². The Labute approximate surface area is 214 Å². The van der Waals surface area contributed by atoms with Gasteiger partial charge in [-0.3, -0.25) is 9.36 Å². The first-order chi connectivity index (χ1) is 17.5. The SMILES string of the molecule is COc1ccc(-c2nnc(SCC(=O)N/N=C(\C)c3cccc(OC)c3)n2-c2ccc(C)cc2)cc1. The van der Waals surface area contributed by atoms with E-state index >= 15 is 0 Å². The first kappa shape index (κ1) is 25.0. The van der Waals surface area contributed by atoms with Gasteiger partial charge >= 0.3 is 0 Å². The number of hydrazone groups is 1. The van der Waals surface area contributed by atoms with E-state index in [0.717, 1.165) is 33.9 Å². The second-order valence-electron chi connectivity index (χ2n) is 7.96. The number of hydrogen-bond donors (Lipinski definition) is 1. The summed E-state index contributed by atoms with van der Waals surface area (Å²) in [4.78, 5) is 12.6. The maximum atomic E-state index is 12.6. The average molecular weight is 502 g/mol. The lowest BCUT2D eigenvalue weighted by molar-refractivity contribution is -0.118. The van der Waals surface area contributed by atoms with Crippen LogP contribution in [0, 0.1) is 6.92 Å². The number of carbonyl (C=O) groups is 1. The maximum Gasteiger partial charge on any atom is 0.250 e. The lowest BCUT2D eigenvalue weighted by atomic mass is 10.1. The number of ether oxygens (including phenoxy) is 2. The summed E-state index contributed by atoms with van der Waals surface area (Å²) in [6.45, 7) is 3.87. The molecule has 3 aromatic carbocycles. The highest BCUT2D eigenvalue weighted by Crippen LogP contribution is 2.29. The number of hydrogen-bond acceptors (Lipinski definition) is 7. The molecular weight excluding hydrogens is 474 g/mol. The third-order valence-corrected chi connectivity index (χ3v) is 6.37. The van der Waals surface area contributed by atoms with E-state index in [1.54, 1.807) is 14.2 Å². The molecule has 0 saturated heterocycles. The van der Waals surface area contributed by atoms with Crippen molar-refractivity contribution >= 4 is 23.4 Å². The van der Waals surface area contributed by atoms with E-state index in [2.05, 4.69) is 20.7 Å². The number of aryl methyl sites for hydroxylation is 1. The van der Waals surface area contributed by atoms with Crippen LogP contribution in [-0.4, -0.2) is 46.4 Å². The first-order valence-electron chi connectivity index (χ1n) is 11.3. The lowest BCUT2D eigenvalue weighted by Gasteiger charge is -2.11. The van der Waals surface area contributed by atoms with Gasteiger partial charge < -0.3 is 9.47 Å². The molecule has 0 radical (unpaired) electrons. The molecule has 0 aliphatic heterocycles. The summed E-state index contributed by atoms with van der Waals surface area (Å²) in [5, 5.41) is 13.7. The summed E-state index contributed by atoms with van der Waals surface area (Å²) in [7, 11) is 3.24. The Hall–Kier alpha value is -4.11. The van der Waals surface area contributed by atoms with Gasteiger partial charge in [-0.1, -0.05) is 41.6 Å².